The highest BCUT2D eigenvalue weighted by Crippen LogP contribution is 2.20. The molecule has 0 saturated carbocycles. The maximum absolute atomic E-state index is 11.0. The number of carboxylic acid groups (broad SMARTS) is 1. The first-order chi connectivity index (χ1) is 7.87. The van der Waals surface area contributed by atoms with Crippen molar-refractivity contribution in [3.05, 3.63) is 0 Å². The quantitative estimate of drug-likeness (QED) is 0.728. The molecule has 0 bridgehead atoms. The van der Waals surface area contributed by atoms with Gasteiger partial charge in [0.05, 0.1) is 5.75 Å². The SMILES string of the molecule is CS(=O)(=O)CCCN1CCC(CCC(=O)O)C1. The summed E-state index contributed by atoms with van der Waals surface area (Å²) in [5.74, 6) is -0.0339. The van der Waals surface area contributed by atoms with Crippen molar-refractivity contribution in [3.63, 3.8) is 0 Å². The number of hydrogen-bond donors (Lipinski definition) is 1. The van der Waals surface area contributed by atoms with Crippen LogP contribution >= 0.6 is 0 Å². The maximum Gasteiger partial charge on any atom is 0.303 e. The van der Waals surface area contributed by atoms with Crippen LogP contribution in [0.5, 0.6) is 0 Å². The Hall–Kier alpha value is -0.620. The summed E-state index contributed by atoms with van der Waals surface area (Å²) in [5.41, 5.74) is 0. The number of carboxylic acids is 1. The van der Waals surface area contributed by atoms with Crippen LogP contribution in [-0.2, 0) is 14.6 Å². The number of carbonyl (C=O) groups is 1. The van der Waals surface area contributed by atoms with Gasteiger partial charge in [-0.15, -0.1) is 0 Å². The molecule has 1 aliphatic heterocycles. The fourth-order valence-corrected chi connectivity index (χ4v) is 2.88. The van der Waals surface area contributed by atoms with Crippen molar-refractivity contribution >= 4 is 15.8 Å². The Bertz CT molecular complexity index is 352. The van der Waals surface area contributed by atoms with E-state index in [-0.39, 0.29) is 12.2 Å². The molecule has 0 spiro atoms. The predicted octanol–water partition coefficient (Wildman–Crippen LogP) is 0.608. The van der Waals surface area contributed by atoms with E-state index in [2.05, 4.69) is 4.90 Å². The molecule has 0 amide bonds. The lowest BCUT2D eigenvalue weighted by molar-refractivity contribution is -0.137. The van der Waals surface area contributed by atoms with Gasteiger partial charge in [0, 0.05) is 19.2 Å². The van der Waals surface area contributed by atoms with Crippen LogP contribution in [0, 0.1) is 5.92 Å². The Morgan fingerprint density at radius 3 is 2.76 bits per heavy atom. The predicted molar refractivity (Wildman–Crippen MR) is 65.7 cm³/mol. The Morgan fingerprint density at radius 2 is 2.18 bits per heavy atom. The van der Waals surface area contributed by atoms with Gasteiger partial charge >= 0.3 is 5.97 Å². The highest BCUT2D eigenvalue weighted by molar-refractivity contribution is 7.90. The average Bonchev–Trinajstić information content (AvgIpc) is 2.61. The van der Waals surface area contributed by atoms with E-state index in [0.717, 1.165) is 32.5 Å². The Balaban J connectivity index is 2.15. The number of rotatable bonds is 7. The van der Waals surface area contributed by atoms with E-state index in [1.54, 1.807) is 0 Å². The molecule has 0 aromatic carbocycles. The zero-order valence-electron chi connectivity index (χ0n) is 10.3. The van der Waals surface area contributed by atoms with Crippen molar-refractivity contribution in [2.75, 3.05) is 31.6 Å². The fourth-order valence-electron chi connectivity index (χ4n) is 2.23. The van der Waals surface area contributed by atoms with Crippen molar-refractivity contribution in [2.24, 2.45) is 5.92 Å². The molecule has 0 aliphatic carbocycles. The van der Waals surface area contributed by atoms with E-state index in [4.69, 9.17) is 5.11 Å². The number of hydrogen-bond acceptors (Lipinski definition) is 4. The first-order valence-electron chi connectivity index (χ1n) is 5.98. The molecule has 1 saturated heterocycles. The lowest BCUT2D eigenvalue weighted by atomic mass is 10.0. The lowest BCUT2D eigenvalue weighted by Crippen LogP contribution is -2.23. The van der Waals surface area contributed by atoms with Gasteiger partial charge in [-0.3, -0.25) is 4.79 Å². The third-order valence-corrected chi connectivity index (χ3v) is 4.16. The molecule has 6 heteroatoms. The lowest BCUT2D eigenvalue weighted by Gasteiger charge is -2.15. The molecule has 1 rings (SSSR count). The summed E-state index contributed by atoms with van der Waals surface area (Å²) in [6.07, 6.45) is 3.93. The second-order valence-corrected chi connectivity index (χ2v) is 7.13. The van der Waals surface area contributed by atoms with E-state index < -0.39 is 15.8 Å². The van der Waals surface area contributed by atoms with Crippen molar-refractivity contribution in [3.8, 4) is 0 Å². The summed E-state index contributed by atoms with van der Waals surface area (Å²) in [6.45, 7) is 2.68. The molecule has 1 unspecified atom stereocenters. The van der Waals surface area contributed by atoms with Gasteiger partial charge in [0.25, 0.3) is 0 Å². The van der Waals surface area contributed by atoms with Crippen molar-refractivity contribution in [2.45, 2.75) is 25.7 Å². The van der Waals surface area contributed by atoms with Crippen LogP contribution in [0.25, 0.3) is 0 Å². The molecular weight excluding hydrogens is 242 g/mol. The Labute approximate surface area is 103 Å². The normalized spacial score (nSPS) is 21.8. The summed E-state index contributed by atoms with van der Waals surface area (Å²) >= 11 is 0. The monoisotopic (exact) mass is 263 g/mol. The van der Waals surface area contributed by atoms with Gasteiger partial charge < -0.3 is 10.0 Å². The first-order valence-corrected chi connectivity index (χ1v) is 8.05. The van der Waals surface area contributed by atoms with Crippen molar-refractivity contribution in [1.82, 2.24) is 4.90 Å². The van der Waals surface area contributed by atoms with Gasteiger partial charge in [0.2, 0.25) is 0 Å². The topological polar surface area (TPSA) is 74.7 Å². The molecular formula is C11H21NO4S. The minimum Gasteiger partial charge on any atom is -0.481 e. The summed E-state index contributed by atoms with van der Waals surface area (Å²) < 4.78 is 21.9. The zero-order valence-corrected chi connectivity index (χ0v) is 11.1. The van der Waals surface area contributed by atoms with Gasteiger partial charge in [-0.25, -0.2) is 8.42 Å². The third kappa shape index (κ3) is 6.63. The van der Waals surface area contributed by atoms with E-state index in [9.17, 15) is 13.2 Å². The number of sulfone groups is 1. The van der Waals surface area contributed by atoms with Crippen LogP contribution in [0.1, 0.15) is 25.7 Å². The van der Waals surface area contributed by atoms with Gasteiger partial charge in [-0.2, -0.15) is 0 Å². The highest BCUT2D eigenvalue weighted by Gasteiger charge is 2.22. The number of aliphatic carboxylic acids is 1. The van der Waals surface area contributed by atoms with Crippen LogP contribution in [0.3, 0.4) is 0 Å². The second-order valence-electron chi connectivity index (χ2n) is 4.87. The van der Waals surface area contributed by atoms with E-state index in [1.807, 2.05) is 0 Å². The van der Waals surface area contributed by atoms with E-state index in [0.29, 0.717) is 12.3 Å². The standard InChI is InChI=1S/C11H21NO4S/c1-17(15,16)8-2-6-12-7-5-10(9-12)3-4-11(13)14/h10H,2-9H2,1H3,(H,13,14). The summed E-state index contributed by atoms with van der Waals surface area (Å²) in [5, 5.41) is 8.59. The van der Waals surface area contributed by atoms with Gasteiger partial charge in [-0.05, 0) is 38.3 Å². The molecule has 0 radical (unpaired) electrons. The van der Waals surface area contributed by atoms with E-state index >= 15 is 0 Å². The molecule has 1 atom stereocenters. The summed E-state index contributed by atoms with van der Waals surface area (Å²) in [6, 6.07) is 0. The first kappa shape index (κ1) is 14.4. The molecule has 1 N–H and O–H groups in total. The van der Waals surface area contributed by atoms with Crippen LogP contribution in [0.2, 0.25) is 0 Å². The molecule has 17 heavy (non-hydrogen) atoms. The van der Waals surface area contributed by atoms with Crippen LogP contribution in [0.15, 0.2) is 0 Å². The second kappa shape index (κ2) is 6.35. The maximum atomic E-state index is 11.0. The smallest absolute Gasteiger partial charge is 0.303 e. The minimum atomic E-state index is -2.86. The molecule has 5 nitrogen and oxygen atoms in total. The van der Waals surface area contributed by atoms with Crippen molar-refractivity contribution < 1.29 is 18.3 Å². The minimum absolute atomic E-state index is 0.238. The van der Waals surface area contributed by atoms with Crippen LogP contribution < -0.4 is 0 Å². The molecule has 1 fully saturated rings. The number of nitrogens with zero attached hydrogens (tertiary/aromatic N) is 1. The molecule has 1 aliphatic rings. The van der Waals surface area contributed by atoms with Gasteiger partial charge in [0.15, 0.2) is 0 Å². The summed E-state index contributed by atoms with van der Waals surface area (Å²) in [7, 11) is -2.86. The average molecular weight is 263 g/mol. The molecule has 0 aromatic heterocycles. The number of likely N-dealkylation sites (tertiary alicyclic amines) is 1. The molecule has 1 heterocycles. The van der Waals surface area contributed by atoms with Crippen LogP contribution in [-0.4, -0.2) is 56.0 Å². The molecule has 100 valence electrons. The van der Waals surface area contributed by atoms with E-state index in [1.165, 1.54) is 6.26 Å². The third-order valence-electron chi connectivity index (χ3n) is 3.13. The Kier molecular flexibility index (Phi) is 5.39. The largest absolute Gasteiger partial charge is 0.481 e. The van der Waals surface area contributed by atoms with Crippen molar-refractivity contribution in [1.29, 1.82) is 0 Å². The molecule has 0 aromatic rings. The fraction of sp³-hybridized carbons (Fsp3) is 0.909. The van der Waals surface area contributed by atoms with Gasteiger partial charge in [-0.1, -0.05) is 0 Å². The van der Waals surface area contributed by atoms with Gasteiger partial charge in [0.1, 0.15) is 9.84 Å². The zero-order chi connectivity index (χ0) is 12.9. The van der Waals surface area contributed by atoms with Crippen LogP contribution in [0.4, 0.5) is 0 Å². The Morgan fingerprint density at radius 1 is 1.47 bits per heavy atom. The highest BCUT2D eigenvalue weighted by atomic mass is 32.2. The summed E-state index contributed by atoms with van der Waals surface area (Å²) in [4.78, 5) is 12.7.